The Bertz CT molecular complexity index is 949. The number of hydrogen-bond acceptors (Lipinski definition) is 3. The number of carbonyl (C=O) groups excluding carboxylic acids is 1. The summed E-state index contributed by atoms with van der Waals surface area (Å²) in [5.41, 5.74) is 5.26. The molecule has 3 aromatic rings. The highest BCUT2D eigenvalue weighted by molar-refractivity contribution is 5.84. The van der Waals surface area contributed by atoms with Crippen LogP contribution in [-0.2, 0) is 11.2 Å². The highest BCUT2D eigenvalue weighted by atomic mass is 16.2. The third-order valence-corrected chi connectivity index (χ3v) is 5.46. The number of aryl methyl sites for hydroxylation is 1. The smallest absolute Gasteiger partial charge is 0.242 e. The van der Waals surface area contributed by atoms with Gasteiger partial charge in [-0.05, 0) is 38.0 Å². The van der Waals surface area contributed by atoms with Crippen molar-refractivity contribution >= 4 is 5.91 Å². The Balaban J connectivity index is 1.65. The number of piperazine rings is 1. The molecule has 1 aliphatic heterocycles. The van der Waals surface area contributed by atoms with Gasteiger partial charge < -0.3 is 5.32 Å². The largest absolute Gasteiger partial charge is 0.353 e. The Morgan fingerprint density at radius 2 is 1.71 bits per heavy atom. The molecule has 5 heteroatoms. The Morgan fingerprint density at radius 3 is 2.43 bits per heavy atom. The number of carbonyl (C=O) groups is 1. The van der Waals surface area contributed by atoms with E-state index in [1.54, 1.807) is 0 Å². The summed E-state index contributed by atoms with van der Waals surface area (Å²) in [6, 6.07) is 20.2. The number of nitrogens with zero attached hydrogens (tertiary/aromatic N) is 3. The van der Waals surface area contributed by atoms with Gasteiger partial charge in [0, 0.05) is 30.9 Å². The second kappa shape index (κ2) is 7.98. The zero-order valence-electron chi connectivity index (χ0n) is 16.4. The molecular weight excluding hydrogens is 348 g/mol. The number of benzene rings is 2. The maximum absolute atomic E-state index is 12.9. The summed E-state index contributed by atoms with van der Waals surface area (Å²) < 4.78 is 1.95. The van der Waals surface area contributed by atoms with Gasteiger partial charge >= 0.3 is 0 Å². The highest BCUT2D eigenvalue weighted by Crippen LogP contribution is 2.30. The standard InChI is InChI=1S/C23H26N4O/c1-17-21(18(2)27(25-17)20-11-7-4-8-12-20)22-23(28)24-14-16-26(22)15-13-19-9-5-3-6-10-19/h3-12,22H,13-16H2,1-2H3,(H,24,28). The van der Waals surface area contributed by atoms with Gasteiger partial charge in [-0.3, -0.25) is 9.69 Å². The van der Waals surface area contributed by atoms with Crippen molar-refractivity contribution in [2.24, 2.45) is 0 Å². The average Bonchev–Trinajstić information content (AvgIpc) is 3.02. The van der Waals surface area contributed by atoms with Gasteiger partial charge in [-0.15, -0.1) is 0 Å². The monoisotopic (exact) mass is 374 g/mol. The minimum Gasteiger partial charge on any atom is -0.353 e. The summed E-state index contributed by atoms with van der Waals surface area (Å²) in [4.78, 5) is 15.2. The molecule has 1 atom stereocenters. The van der Waals surface area contributed by atoms with Gasteiger partial charge in [0.15, 0.2) is 0 Å². The first-order valence-electron chi connectivity index (χ1n) is 9.82. The first-order valence-corrected chi connectivity index (χ1v) is 9.82. The summed E-state index contributed by atoms with van der Waals surface area (Å²) in [6.45, 7) is 6.43. The molecule has 1 unspecified atom stereocenters. The van der Waals surface area contributed by atoms with Crippen molar-refractivity contribution in [1.29, 1.82) is 0 Å². The van der Waals surface area contributed by atoms with Gasteiger partial charge in [0.2, 0.25) is 5.91 Å². The number of nitrogens with one attached hydrogen (secondary N) is 1. The van der Waals surface area contributed by atoms with Crippen LogP contribution >= 0.6 is 0 Å². The Labute approximate surface area is 166 Å². The fourth-order valence-corrected chi connectivity index (χ4v) is 4.06. The van der Waals surface area contributed by atoms with E-state index in [4.69, 9.17) is 5.10 Å². The molecule has 2 aromatic carbocycles. The Morgan fingerprint density at radius 1 is 1.04 bits per heavy atom. The molecule has 1 fully saturated rings. The van der Waals surface area contributed by atoms with E-state index >= 15 is 0 Å². The van der Waals surface area contributed by atoms with Gasteiger partial charge in [-0.1, -0.05) is 48.5 Å². The Kier molecular flexibility index (Phi) is 5.26. The lowest BCUT2D eigenvalue weighted by molar-refractivity contribution is -0.129. The summed E-state index contributed by atoms with van der Waals surface area (Å²) in [6.07, 6.45) is 0.926. The summed E-state index contributed by atoms with van der Waals surface area (Å²) in [5.74, 6) is 0.0677. The van der Waals surface area contributed by atoms with E-state index in [0.717, 1.165) is 42.1 Å². The second-order valence-electron chi connectivity index (χ2n) is 7.30. The normalized spacial score (nSPS) is 17.5. The van der Waals surface area contributed by atoms with Crippen molar-refractivity contribution in [3.05, 3.63) is 83.2 Å². The van der Waals surface area contributed by atoms with Crippen LogP contribution in [0.1, 0.15) is 28.6 Å². The summed E-state index contributed by atoms with van der Waals surface area (Å²) >= 11 is 0. The lowest BCUT2D eigenvalue weighted by Gasteiger charge is -2.35. The van der Waals surface area contributed by atoms with Gasteiger partial charge in [-0.25, -0.2) is 4.68 Å². The molecule has 5 nitrogen and oxygen atoms in total. The summed E-state index contributed by atoms with van der Waals surface area (Å²) in [5, 5.41) is 7.80. The van der Waals surface area contributed by atoms with Crippen LogP contribution in [0.25, 0.3) is 5.69 Å². The van der Waals surface area contributed by atoms with Crippen LogP contribution in [0, 0.1) is 13.8 Å². The molecule has 0 bridgehead atoms. The lowest BCUT2D eigenvalue weighted by atomic mass is 9.99. The SMILES string of the molecule is Cc1nn(-c2ccccc2)c(C)c1C1C(=O)NCCN1CCc1ccccc1. The van der Waals surface area contributed by atoms with Crippen molar-refractivity contribution in [3.63, 3.8) is 0 Å². The first kappa shape index (κ1) is 18.4. The number of rotatable bonds is 5. The van der Waals surface area contributed by atoms with Crippen LogP contribution in [-0.4, -0.2) is 40.2 Å². The molecule has 1 N–H and O–H groups in total. The van der Waals surface area contributed by atoms with Crippen molar-refractivity contribution in [2.45, 2.75) is 26.3 Å². The molecular formula is C23H26N4O. The van der Waals surface area contributed by atoms with E-state index in [2.05, 4.69) is 41.4 Å². The average molecular weight is 374 g/mol. The molecule has 2 heterocycles. The van der Waals surface area contributed by atoms with E-state index in [0.29, 0.717) is 6.54 Å². The van der Waals surface area contributed by atoms with Crippen molar-refractivity contribution in [2.75, 3.05) is 19.6 Å². The zero-order valence-corrected chi connectivity index (χ0v) is 16.4. The molecule has 1 saturated heterocycles. The van der Waals surface area contributed by atoms with Crippen LogP contribution in [0.5, 0.6) is 0 Å². The minimum atomic E-state index is -0.296. The van der Waals surface area contributed by atoms with E-state index < -0.39 is 0 Å². The molecule has 0 saturated carbocycles. The fraction of sp³-hybridized carbons (Fsp3) is 0.304. The fourth-order valence-electron chi connectivity index (χ4n) is 4.06. The van der Waals surface area contributed by atoms with Gasteiger partial charge in [0.05, 0.1) is 11.4 Å². The van der Waals surface area contributed by atoms with Gasteiger partial charge in [0.25, 0.3) is 0 Å². The third kappa shape index (κ3) is 3.58. The molecule has 0 radical (unpaired) electrons. The predicted octanol–water partition coefficient (Wildman–Crippen LogP) is 3.20. The van der Waals surface area contributed by atoms with Gasteiger partial charge in [-0.2, -0.15) is 5.10 Å². The van der Waals surface area contributed by atoms with Crippen molar-refractivity contribution in [3.8, 4) is 5.69 Å². The van der Waals surface area contributed by atoms with Crippen LogP contribution in [0.2, 0.25) is 0 Å². The molecule has 4 rings (SSSR count). The number of aromatic nitrogens is 2. The maximum atomic E-state index is 12.9. The number of hydrogen-bond donors (Lipinski definition) is 1. The van der Waals surface area contributed by atoms with Crippen LogP contribution in [0.15, 0.2) is 60.7 Å². The third-order valence-electron chi connectivity index (χ3n) is 5.46. The topological polar surface area (TPSA) is 50.2 Å². The lowest BCUT2D eigenvalue weighted by Crippen LogP contribution is -2.50. The molecule has 1 aromatic heterocycles. The molecule has 28 heavy (non-hydrogen) atoms. The molecule has 144 valence electrons. The predicted molar refractivity (Wildman–Crippen MR) is 111 cm³/mol. The van der Waals surface area contributed by atoms with Crippen LogP contribution < -0.4 is 5.32 Å². The molecule has 0 aliphatic carbocycles. The highest BCUT2D eigenvalue weighted by Gasteiger charge is 2.35. The van der Waals surface area contributed by atoms with E-state index in [1.807, 2.05) is 48.0 Å². The van der Waals surface area contributed by atoms with Gasteiger partial charge in [0.1, 0.15) is 6.04 Å². The van der Waals surface area contributed by atoms with Crippen molar-refractivity contribution < 1.29 is 4.79 Å². The number of amides is 1. The van der Waals surface area contributed by atoms with Crippen molar-refractivity contribution in [1.82, 2.24) is 20.0 Å². The quantitative estimate of drug-likeness (QED) is 0.746. The van der Waals surface area contributed by atoms with E-state index in [1.165, 1.54) is 5.56 Å². The first-order chi connectivity index (χ1) is 13.6. The Hall–Kier alpha value is -2.92. The summed E-state index contributed by atoms with van der Waals surface area (Å²) in [7, 11) is 0. The second-order valence-corrected chi connectivity index (χ2v) is 7.30. The molecule has 1 aliphatic rings. The minimum absolute atomic E-state index is 0.0677. The van der Waals surface area contributed by atoms with Crippen LogP contribution in [0.3, 0.4) is 0 Å². The van der Waals surface area contributed by atoms with E-state index in [-0.39, 0.29) is 11.9 Å². The zero-order chi connectivity index (χ0) is 19.5. The molecule has 0 spiro atoms. The number of para-hydroxylation sites is 1. The van der Waals surface area contributed by atoms with E-state index in [9.17, 15) is 4.79 Å². The molecule has 1 amide bonds. The maximum Gasteiger partial charge on any atom is 0.242 e. The van der Waals surface area contributed by atoms with Crippen LogP contribution in [0.4, 0.5) is 0 Å².